The number of nitrogens with zero attached hydrogens (tertiary/aromatic N) is 5. The van der Waals surface area contributed by atoms with E-state index in [9.17, 15) is 0 Å². The predicted octanol–water partition coefficient (Wildman–Crippen LogP) is 3.93. The van der Waals surface area contributed by atoms with Gasteiger partial charge < -0.3 is 0 Å². The minimum atomic E-state index is 0.812. The number of rotatable bonds is 9. The summed E-state index contributed by atoms with van der Waals surface area (Å²) in [6, 6.07) is 12.7. The molecule has 3 aromatic rings. The zero-order chi connectivity index (χ0) is 20.6. The fraction of sp³-hybridized carbons (Fsp3) is 0.375. The molecule has 0 saturated heterocycles. The molecule has 3 heterocycles. The number of aryl methyl sites for hydroxylation is 3. The third-order valence-electron chi connectivity index (χ3n) is 4.92. The maximum Gasteiger partial charge on any atom is 0.0544 e. The summed E-state index contributed by atoms with van der Waals surface area (Å²) >= 11 is 0. The molecule has 5 nitrogen and oxygen atoms in total. The lowest BCUT2D eigenvalue weighted by atomic mass is 10.2. The molecule has 3 rings (SSSR count). The normalized spacial score (nSPS) is 11.4. The van der Waals surface area contributed by atoms with E-state index in [1.54, 1.807) is 0 Å². The maximum atomic E-state index is 4.59. The smallest absolute Gasteiger partial charge is 0.0544 e. The van der Waals surface area contributed by atoms with Crippen LogP contribution in [0.4, 0.5) is 0 Å². The largest absolute Gasteiger partial charge is 0.299 e. The molecule has 152 valence electrons. The lowest BCUT2D eigenvalue weighted by Crippen LogP contribution is -2.33. The maximum absolute atomic E-state index is 4.59. The lowest BCUT2D eigenvalue weighted by molar-refractivity contribution is 0.204. The number of aromatic nitrogens is 3. The lowest BCUT2D eigenvalue weighted by Gasteiger charge is -2.25. The van der Waals surface area contributed by atoms with Crippen molar-refractivity contribution in [3.63, 3.8) is 0 Å². The summed E-state index contributed by atoms with van der Waals surface area (Å²) in [4.78, 5) is 18.4. The third kappa shape index (κ3) is 7.04. The van der Waals surface area contributed by atoms with E-state index >= 15 is 0 Å². The molecule has 0 unspecified atom stereocenters. The van der Waals surface area contributed by atoms with Crippen LogP contribution in [-0.4, -0.2) is 44.9 Å². The summed E-state index contributed by atoms with van der Waals surface area (Å²) in [6.45, 7) is 10.6. The average Bonchev–Trinajstić information content (AvgIpc) is 2.71. The van der Waals surface area contributed by atoms with Crippen molar-refractivity contribution >= 4 is 0 Å². The van der Waals surface area contributed by atoms with E-state index < -0.39 is 0 Å². The van der Waals surface area contributed by atoms with Gasteiger partial charge in [0.15, 0.2) is 0 Å². The van der Waals surface area contributed by atoms with Gasteiger partial charge in [0.2, 0.25) is 0 Å². The Labute approximate surface area is 174 Å². The monoisotopic (exact) mass is 389 g/mol. The van der Waals surface area contributed by atoms with Crippen molar-refractivity contribution in [3.8, 4) is 0 Å². The molecule has 0 aliphatic rings. The Hall–Kier alpha value is -2.63. The first kappa shape index (κ1) is 21.1. The second-order valence-corrected chi connectivity index (χ2v) is 7.93. The highest BCUT2D eigenvalue weighted by atomic mass is 15.2. The minimum Gasteiger partial charge on any atom is -0.299 e. The SMILES string of the molecule is Cc1ccc(CN(C)CCN(Cc2ccc(C)cn2)Cc2ccc(C)cn2)nc1. The van der Waals surface area contributed by atoms with Gasteiger partial charge >= 0.3 is 0 Å². The molecule has 0 atom stereocenters. The molecule has 0 fully saturated rings. The Bertz CT molecular complexity index is 825. The van der Waals surface area contributed by atoms with Crippen LogP contribution in [-0.2, 0) is 19.6 Å². The quantitative estimate of drug-likeness (QED) is 0.555. The van der Waals surface area contributed by atoms with Crippen LogP contribution in [0.15, 0.2) is 55.0 Å². The van der Waals surface area contributed by atoms with Gasteiger partial charge in [-0.05, 0) is 62.7 Å². The number of hydrogen-bond acceptors (Lipinski definition) is 5. The fourth-order valence-corrected chi connectivity index (χ4v) is 3.12. The van der Waals surface area contributed by atoms with E-state index in [0.29, 0.717) is 0 Å². The van der Waals surface area contributed by atoms with Crippen molar-refractivity contribution in [2.75, 3.05) is 20.1 Å². The highest BCUT2D eigenvalue weighted by Crippen LogP contribution is 2.09. The minimum absolute atomic E-state index is 0.812. The van der Waals surface area contributed by atoms with E-state index in [0.717, 1.165) is 49.8 Å². The van der Waals surface area contributed by atoms with Crippen molar-refractivity contribution in [1.82, 2.24) is 24.8 Å². The molecule has 0 radical (unpaired) electrons. The fourth-order valence-electron chi connectivity index (χ4n) is 3.12. The molecular formula is C24H31N5. The predicted molar refractivity (Wildman–Crippen MR) is 117 cm³/mol. The van der Waals surface area contributed by atoms with Crippen molar-refractivity contribution < 1.29 is 0 Å². The Kier molecular flexibility index (Phi) is 7.44. The average molecular weight is 390 g/mol. The second kappa shape index (κ2) is 10.2. The molecule has 0 N–H and O–H groups in total. The third-order valence-corrected chi connectivity index (χ3v) is 4.92. The summed E-state index contributed by atoms with van der Waals surface area (Å²) in [7, 11) is 2.15. The Morgan fingerprint density at radius 2 is 1.00 bits per heavy atom. The van der Waals surface area contributed by atoms with Crippen LogP contribution < -0.4 is 0 Å². The van der Waals surface area contributed by atoms with Gasteiger partial charge in [-0.15, -0.1) is 0 Å². The zero-order valence-corrected chi connectivity index (χ0v) is 18.0. The standard InChI is InChI=1S/C24H31N5/c1-19-5-8-22(25-13-19)16-28(4)11-12-29(17-23-9-6-20(2)14-26-23)18-24-10-7-21(3)15-27-24/h5-10,13-15H,11-12,16-18H2,1-4H3. The van der Waals surface area contributed by atoms with E-state index in [4.69, 9.17) is 0 Å². The van der Waals surface area contributed by atoms with Gasteiger partial charge in [0.25, 0.3) is 0 Å². The van der Waals surface area contributed by atoms with E-state index in [1.807, 2.05) is 18.6 Å². The number of likely N-dealkylation sites (N-methyl/N-ethyl adjacent to an activating group) is 1. The van der Waals surface area contributed by atoms with Crippen LogP contribution in [0.1, 0.15) is 33.8 Å². The van der Waals surface area contributed by atoms with E-state index in [-0.39, 0.29) is 0 Å². The number of pyridine rings is 3. The van der Waals surface area contributed by atoms with Crippen LogP contribution in [0.2, 0.25) is 0 Å². The van der Waals surface area contributed by atoms with Gasteiger partial charge in [-0.1, -0.05) is 18.2 Å². The molecular weight excluding hydrogens is 358 g/mol. The Morgan fingerprint density at radius 1 is 0.586 bits per heavy atom. The van der Waals surface area contributed by atoms with Gasteiger partial charge in [0.1, 0.15) is 0 Å². The van der Waals surface area contributed by atoms with Crippen LogP contribution in [0.5, 0.6) is 0 Å². The molecule has 29 heavy (non-hydrogen) atoms. The first-order valence-electron chi connectivity index (χ1n) is 10.1. The molecule has 0 bridgehead atoms. The van der Waals surface area contributed by atoms with Crippen LogP contribution >= 0.6 is 0 Å². The van der Waals surface area contributed by atoms with Gasteiger partial charge in [0.05, 0.1) is 17.1 Å². The van der Waals surface area contributed by atoms with Crippen molar-refractivity contribution in [1.29, 1.82) is 0 Å². The first-order valence-corrected chi connectivity index (χ1v) is 10.1. The highest BCUT2D eigenvalue weighted by Gasteiger charge is 2.11. The summed E-state index contributed by atoms with van der Waals surface area (Å²) < 4.78 is 0. The molecule has 0 aromatic carbocycles. The van der Waals surface area contributed by atoms with E-state index in [2.05, 4.69) is 89.0 Å². The summed E-state index contributed by atoms with van der Waals surface area (Å²) in [5.74, 6) is 0. The van der Waals surface area contributed by atoms with Crippen LogP contribution in [0, 0.1) is 20.8 Å². The molecule has 0 aliphatic carbocycles. The Balaban J connectivity index is 1.62. The van der Waals surface area contributed by atoms with Gasteiger partial charge in [-0.2, -0.15) is 0 Å². The van der Waals surface area contributed by atoms with E-state index in [1.165, 1.54) is 16.7 Å². The van der Waals surface area contributed by atoms with Crippen molar-refractivity contribution in [2.45, 2.75) is 40.4 Å². The van der Waals surface area contributed by atoms with Gasteiger partial charge in [0, 0.05) is 51.3 Å². The van der Waals surface area contributed by atoms with Gasteiger partial charge in [-0.3, -0.25) is 24.8 Å². The zero-order valence-electron chi connectivity index (χ0n) is 18.0. The van der Waals surface area contributed by atoms with Crippen LogP contribution in [0.25, 0.3) is 0 Å². The summed E-state index contributed by atoms with van der Waals surface area (Å²) in [6.07, 6.45) is 5.81. The van der Waals surface area contributed by atoms with Crippen molar-refractivity contribution in [2.24, 2.45) is 0 Å². The molecule has 5 heteroatoms. The second-order valence-electron chi connectivity index (χ2n) is 7.93. The number of hydrogen-bond donors (Lipinski definition) is 0. The molecule has 0 spiro atoms. The molecule has 0 amide bonds. The van der Waals surface area contributed by atoms with Crippen molar-refractivity contribution in [3.05, 3.63) is 88.8 Å². The first-order chi connectivity index (χ1) is 14.0. The molecule has 3 aromatic heterocycles. The summed E-state index contributed by atoms with van der Waals surface area (Å²) in [5, 5.41) is 0. The summed E-state index contributed by atoms with van der Waals surface area (Å²) in [5.41, 5.74) is 6.84. The molecule has 0 saturated carbocycles. The molecule has 0 aliphatic heterocycles. The Morgan fingerprint density at radius 3 is 1.38 bits per heavy atom. The highest BCUT2D eigenvalue weighted by molar-refractivity contribution is 5.14. The van der Waals surface area contributed by atoms with Gasteiger partial charge in [-0.25, -0.2) is 0 Å². The topological polar surface area (TPSA) is 45.2 Å². The van der Waals surface area contributed by atoms with Crippen LogP contribution in [0.3, 0.4) is 0 Å².